The second-order valence-electron chi connectivity index (χ2n) is 5.47. The van der Waals surface area contributed by atoms with E-state index in [-0.39, 0.29) is 5.91 Å². The van der Waals surface area contributed by atoms with Gasteiger partial charge in [-0.15, -0.1) is 17.9 Å². The Morgan fingerprint density at radius 2 is 2.12 bits per heavy atom. The smallest absolute Gasteiger partial charge is 0.279 e. The molecule has 0 unspecified atom stereocenters. The number of hydrogen-bond donors (Lipinski definition) is 0. The Balaban J connectivity index is 1.88. The highest BCUT2D eigenvalue weighted by Crippen LogP contribution is 2.29. The molecule has 0 aliphatic heterocycles. The van der Waals surface area contributed by atoms with E-state index in [9.17, 15) is 4.79 Å². The maximum absolute atomic E-state index is 12.7. The number of carbonyl (C=O) groups excluding carboxylic acids is 1. The average molecular weight is 420 g/mol. The summed E-state index contributed by atoms with van der Waals surface area (Å²) in [6, 6.07) is 8.88. The van der Waals surface area contributed by atoms with Crippen molar-refractivity contribution in [2.24, 2.45) is 4.99 Å². The van der Waals surface area contributed by atoms with Gasteiger partial charge in [-0.2, -0.15) is 4.99 Å². The molecule has 0 aliphatic rings. The Morgan fingerprint density at radius 3 is 2.92 bits per heavy atom. The minimum atomic E-state index is -0.313. The molecule has 0 radical (unpaired) electrons. The lowest BCUT2D eigenvalue weighted by molar-refractivity contribution is 0.0998. The largest absolute Gasteiger partial charge is 0.311 e. The van der Waals surface area contributed by atoms with Crippen LogP contribution in [0.4, 0.5) is 0 Å². The van der Waals surface area contributed by atoms with Gasteiger partial charge in [0.25, 0.3) is 5.91 Å². The summed E-state index contributed by atoms with van der Waals surface area (Å²) < 4.78 is 3.69. The number of hydrogen-bond acceptors (Lipinski definition) is 4. The molecule has 0 saturated carbocycles. The number of nitrogens with zero attached hydrogens (tertiary/aromatic N) is 3. The number of allylic oxidation sites excluding steroid dienone is 1. The van der Waals surface area contributed by atoms with Crippen molar-refractivity contribution in [3.8, 4) is 0 Å². The Morgan fingerprint density at radius 1 is 1.27 bits per heavy atom. The summed E-state index contributed by atoms with van der Waals surface area (Å²) in [5.41, 5.74) is 3.95. The Labute approximate surface area is 166 Å². The maximum atomic E-state index is 12.7. The lowest BCUT2D eigenvalue weighted by Crippen LogP contribution is -2.16. The number of benzene rings is 2. The summed E-state index contributed by atoms with van der Waals surface area (Å²) in [6.07, 6.45) is 1.74. The van der Waals surface area contributed by atoms with Gasteiger partial charge in [0.2, 0.25) is 0 Å². The summed E-state index contributed by atoms with van der Waals surface area (Å²) in [5.74, 6) is -0.313. The standard InChI is InChI=1S/C18H11Cl2N3OS2/c1-2-5-23-16-12(20)7-11(19)8-15(16)26-18(23)22-17(24)10-3-4-13-14(6-10)25-9-21-13/h2-4,6-9H,1,5H2. The van der Waals surface area contributed by atoms with Crippen molar-refractivity contribution in [2.45, 2.75) is 6.54 Å². The molecule has 8 heteroatoms. The van der Waals surface area contributed by atoms with Crippen molar-refractivity contribution in [3.05, 3.63) is 68.9 Å². The predicted molar refractivity (Wildman–Crippen MR) is 110 cm³/mol. The molecule has 1 amide bonds. The summed E-state index contributed by atoms with van der Waals surface area (Å²) >= 11 is 15.3. The van der Waals surface area contributed by atoms with Crippen LogP contribution >= 0.6 is 45.9 Å². The third kappa shape index (κ3) is 3.10. The van der Waals surface area contributed by atoms with E-state index in [1.165, 1.54) is 22.7 Å². The highest BCUT2D eigenvalue weighted by Gasteiger charge is 2.13. The minimum absolute atomic E-state index is 0.313. The van der Waals surface area contributed by atoms with Crippen molar-refractivity contribution in [2.75, 3.05) is 0 Å². The zero-order valence-corrected chi connectivity index (χ0v) is 16.4. The van der Waals surface area contributed by atoms with Crippen LogP contribution in [0.2, 0.25) is 10.0 Å². The molecule has 2 heterocycles. The maximum Gasteiger partial charge on any atom is 0.279 e. The second-order valence-corrected chi connectivity index (χ2v) is 8.21. The lowest BCUT2D eigenvalue weighted by atomic mass is 10.2. The molecule has 2 aromatic heterocycles. The van der Waals surface area contributed by atoms with Crippen molar-refractivity contribution in [1.82, 2.24) is 9.55 Å². The van der Waals surface area contributed by atoms with Gasteiger partial charge in [-0.3, -0.25) is 4.79 Å². The molecule has 0 aliphatic carbocycles. The van der Waals surface area contributed by atoms with Crippen molar-refractivity contribution in [3.63, 3.8) is 0 Å². The van der Waals surface area contributed by atoms with E-state index in [1.807, 2.05) is 22.8 Å². The van der Waals surface area contributed by atoms with Crippen LogP contribution in [-0.4, -0.2) is 15.5 Å². The number of thiazole rings is 2. The minimum Gasteiger partial charge on any atom is -0.311 e. The first-order valence-electron chi connectivity index (χ1n) is 7.58. The predicted octanol–water partition coefficient (Wildman–Crippen LogP) is 5.55. The van der Waals surface area contributed by atoms with Gasteiger partial charge in [-0.25, -0.2) is 4.98 Å². The fourth-order valence-corrected chi connectivity index (χ4v) is 5.19. The molecule has 0 atom stereocenters. The zero-order chi connectivity index (χ0) is 18.3. The van der Waals surface area contributed by atoms with E-state index < -0.39 is 0 Å². The van der Waals surface area contributed by atoms with Crippen molar-refractivity contribution < 1.29 is 4.79 Å². The zero-order valence-electron chi connectivity index (χ0n) is 13.3. The molecule has 0 spiro atoms. The number of rotatable bonds is 3. The number of aromatic nitrogens is 2. The Hall–Kier alpha value is -1.99. The topological polar surface area (TPSA) is 47.2 Å². The van der Waals surface area contributed by atoms with E-state index in [0.717, 1.165) is 20.4 Å². The summed E-state index contributed by atoms with van der Waals surface area (Å²) in [6.45, 7) is 4.27. The summed E-state index contributed by atoms with van der Waals surface area (Å²) in [5, 5.41) is 1.06. The van der Waals surface area contributed by atoms with Gasteiger partial charge in [0.15, 0.2) is 4.80 Å². The molecule has 2 aromatic carbocycles. The van der Waals surface area contributed by atoms with Gasteiger partial charge in [-0.1, -0.05) is 40.6 Å². The lowest BCUT2D eigenvalue weighted by Gasteiger charge is -2.03. The monoisotopic (exact) mass is 419 g/mol. The molecule has 0 saturated heterocycles. The third-order valence-corrected chi connectivity index (χ3v) is 6.11. The van der Waals surface area contributed by atoms with Gasteiger partial charge in [0.1, 0.15) is 0 Å². The van der Waals surface area contributed by atoms with E-state index in [0.29, 0.717) is 27.0 Å². The van der Waals surface area contributed by atoms with E-state index >= 15 is 0 Å². The van der Waals surface area contributed by atoms with Crippen LogP contribution in [0.1, 0.15) is 10.4 Å². The van der Waals surface area contributed by atoms with E-state index in [1.54, 1.807) is 23.7 Å². The van der Waals surface area contributed by atoms with Gasteiger partial charge in [0.05, 0.1) is 31.0 Å². The van der Waals surface area contributed by atoms with Crippen LogP contribution in [0.5, 0.6) is 0 Å². The molecule has 4 nitrogen and oxygen atoms in total. The summed E-state index contributed by atoms with van der Waals surface area (Å²) in [7, 11) is 0. The first-order valence-corrected chi connectivity index (χ1v) is 10.0. The fraction of sp³-hybridized carbons (Fsp3) is 0.0556. The van der Waals surface area contributed by atoms with Crippen LogP contribution in [0, 0.1) is 0 Å². The highest BCUT2D eigenvalue weighted by molar-refractivity contribution is 7.17. The molecule has 0 fully saturated rings. The highest BCUT2D eigenvalue weighted by atomic mass is 35.5. The van der Waals surface area contributed by atoms with E-state index in [4.69, 9.17) is 23.2 Å². The molecule has 0 N–H and O–H groups in total. The van der Waals surface area contributed by atoms with Crippen LogP contribution in [-0.2, 0) is 6.54 Å². The first-order chi connectivity index (χ1) is 12.6. The molecule has 4 aromatic rings. The van der Waals surface area contributed by atoms with Crippen LogP contribution in [0.15, 0.2) is 53.5 Å². The molecule has 4 rings (SSSR count). The average Bonchev–Trinajstić information content (AvgIpc) is 3.19. The number of fused-ring (bicyclic) bond motifs is 2. The van der Waals surface area contributed by atoms with E-state index in [2.05, 4.69) is 16.6 Å². The van der Waals surface area contributed by atoms with Gasteiger partial charge in [0, 0.05) is 17.1 Å². The Bertz CT molecular complexity index is 1240. The molecule has 26 heavy (non-hydrogen) atoms. The Kier molecular flexibility index (Phi) is 4.67. The number of amides is 1. The van der Waals surface area contributed by atoms with Gasteiger partial charge < -0.3 is 4.57 Å². The molecular weight excluding hydrogens is 409 g/mol. The first kappa shape index (κ1) is 17.4. The quantitative estimate of drug-likeness (QED) is 0.408. The number of halogens is 2. The summed E-state index contributed by atoms with van der Waals surface area (Å²) in [4.78, 5) is 21.8. The third-order valence-electron chi connectivity index (χ3n) is 3.78. The normalized spacial score (nSPS) is 12.2. The number of carbonyl (C=O) groups is 1. The van der Waals surface area contributed by atoms with Gasteiger partial charge >= 0.3 is 0 Å². The van der Waals surface area contributed by atoms with Crippen LogP contribution in [0.3, 0.4) is 0 Å². The van der Waals surface area contributed by atoms with Crippen LogP contribution < -0.4 is 4.80 Å². The van der Waals surface area contributed by atoms with Crippen LogP contribution in [0.25, 0.3) is 20.4 Å². The van der Waals surface area contributed by atoms with Crippen molar-refractivity contribution in [1.29, 1.82) is 0 Å². The SMILES string of the molecule is C=CCn1c(=NC(=O)c2ccc3ncsc3c2)sc2cc(Cl)cc(Cl)c21. The molecular formula is C18H11Cl2N3OS2. The van der Waals surface area contributed by atoms with Crippen molar-refractivity contribution >= 4 is 72.2 Å². The molecule has 0 bridgehead atoms. The van der Waals surface area contributed by atoms with Gasteiger partial charge in [-0.05, 0) is 30.3 Å². The second kappa shape index (κ2) is 6.96. The fourth-order valence-electron chi connectivity index (χ4n) is 2.65. The molecule has 130 valence electrons.